The fourth-order valence-corrected chi connectivity index (χ4v) is 4.53. The molecule has 1 N–H and O–H groups in total. The summed E-state index contributed by atoms with van der Waals surface area (Å²) in [6, 6.07) is 16.8. The first-order valence-corrected chi connectivity index (χ1v) is 10.8. The average molecular weight is 394 g/mol. The molecule has 2 aliphatic rings. The fourth-order valence-electron chi connectivity index (χ4n) is 4.53. The van der Waals surface area contributed by atoms with E-state index < -0.39 is 0 Å². The molecule has 2 aliphatic heterocycles. The van der Waals surface area contributed by atoms with Gasteiger partial charge in [0, 0.05) is 30.5 Å². The Morgan fingerprint density at radius 3 is 2.59 bits per heavy atom. The highest BCUT2D eigenvalue weighted by Crippen LogP contribution is 2.33. The molecule has 2 fully saturated rings. The van der Waals surface area contributed by atoms with Crippen molar-refractivity contribution in [1.29, 1.82) is 0 Å². The number of nitrogens with zero attached hydrogens (tertiary/aromatic N) is 2. The van der Waals surface area contributed by atoms with Crippen LogP contribution in [0.15, 0.2) is 48.5 Å². The molecule has 4 rings (SSSR count). The van der Waals surface area contributed by atoms with Gasteiger partial charge in [0.2, 0.25) is 5.91 Å². The van der Waals surface area contributed by atoms with Gasteiger partial charge in [-0.05, 0) is 80.6 Å². The van der Waals surface area contributed by atoms with Crippen molar-refractivity contribution in [3.8, 4) is 5.75 Å². The van der Waals surface area contributed by atoms with Gasteiger partial charge in [0.05, 0.1) is 13.7 Å². The van der Waals surface area contributed by atoms with Gasteiger partial charge in [-0.25, -0.2) is 0 Å². The highest BCUT2D eigenvalue weighted by Gasteiger charge is 2.27. The minimum absolute atomic E-state index is 0.0468. The lowest BCUT2D eigenvalue weighted by molar-refractivity contribution is -0.117. The Bertz CT molecular complexity index is 815. The van der Waals surface area contributed by atoms with E-state index >= 15 is 0 Å². The maximum absolute atomic E-state index is 12.7. The Labute approximate surface area is 173 Å². The summed E-state index contributed by atoms with van der Waals surface area (Å²) in [5, 5.41) is 3.07. The third-order valence-electron chi connectivity index (χ3n) is 6.06. The van der Waals surface area contributed by atoms with Crippen LogP contribution in [-0.2, 0) is 4.79 Å². The van der Waals surface area contributed by atoms with Crippen LogP contribution in [0.2, 0.25) is 0 Å². The third kappa shape index (κ3) is 4.91. The van der Waals surface area contributed by atoms with Crippen molar-refractivity contribution in [2.75, 3.05) is 43.5 Å². The third-order valence-corrected chi connectivity index (χ3v) is 6.06. The molecule has 1 amide bonds. The van der Waals surface area contributed by atoms with Gasteiger partial charge < -0.3 is 15.0 Å². The Balaban J connectivity index is 1.35. The van der Waals surface area contributed by atoms with Gasteiger partial charge in [0.25, 0.3) is 0 Å². The molecule has 29 heavy (non-hydrogen) atoms. The molecule has 2 aromatic carbocycles. The van der Waals surface area contributed by atoms with Crippen LogP contribution in [-0.4, -0.2) is 44.1 Å². The highest BCUT2D eigenvalue weighted by molar-refractivity contribution is 5.92. The van der Waals surface area contributed by atoms with Crippen molar-refractivity contribution < 1.29 is 9.53 Å². The monoisotopic (exact) mass is 393 g/mol. The van der Waals surface area contributed by atoms with E-state index in [1.54, 1.807) is 7.11 Å². The number of benzene rings is 2. The molecule has 0 saturated carbocycles. The van der Waals surface area contributed by atoms with Crippen molar-refractivity contribution in [2.24, 2.45) is 0 Å². The van der Waals surface area contributed by atoms with Crippen LogP contribution in [0.25, 0.3) is 0 Å². The van der Waals surface area contributed by atoms with E-state index in [4.69, 9.17) is 4.74 Å². The number of piperidine rings is 1. The van der Waals surface area contributed by atoms with Crippen LogP contribution in [0.1, 0.15) is 43.7 Å². The summed E-state index contributed by atoms with van der Waals surface area (Å²) in [7, 11) is 1.69. The number of hydrogen-bond acceptors (Lipinski definition) is 4. The van der Waals surface area contributed by atoms with Gasteiger partial charge in [0.1, 0.15) is 5.75 Å². The summed E-state index contributed by atoms with van der Waals surface area (Å²) in [6.07, 6.45) is 6.05. The van der Waals surface area contributed by atoms with Crippen LogP contribution in [0.4, 0.5) is 11.4 Å². The zero-order valence-electron chi connectivity index (χ0n) is 17.3. The first-order chi connectivity index (χ1) is 14.2. The standard InChI is InChI=1S/C24H31N3O2/c1-29-22-8-5-7-19(17-22)23-9-6-16-27(23)18-24(28)25-20-10-12-21(13-11-20)26-14-3-2-4-15-26/h5,7-8,10-13,17,23H,2-4,6,9,14-16,18H2,1H3,(H,25,28). The molecule has 2 heterocycles. The largest absolute Gasteiger partial charge is 0.497 e. The van der Waals surface area contributed by atoms with E-state index in [1.807, 2.05) is 24.3 Å². The van der Waals surface area contributed by atoms with Gasteiger partial charge in [-0.3, -0.25) is 9.69 Å². The number of anilines is 2. The number of carbonyl (C=O) groups excluding carboxylic acids is 1. The van der Waals surface area contributed by atoms with Crippen LogP contribution in [0.3, 0.4) is 0 Å². The van der Waals surface area contributed by atoms with E-state index in [2.05, 4.69) is 39.4 Å². The second-order valence-corrected chi connectivity index (χ2v) is 8.05. The molecule has 154 valence electrons. The van der Waals surface area contributed by atoms with Gasteiger partial charge in [-0.15, -0.1) is 0 Å². The summed E-state index contributed by atoms with van der Waals surface area (Å²) in [5.41, 5.74) is 3.34. The molecular weight excluding hydrogens is 362 g/mol. The smallest absolute Gasteiger partial charge is 0.238 e. The maximum atomic E-state index is 12.7. The lowest BCUT2D eigenvalue weighted by atomic mass is 10.0. The van der Waals surface area contributed by atoms with Gasteiger partial charge >= 0.3 is 0 Å². The molecule has 1 unspecified atom stereocenters. The van der Waals surface area contributed by atoms with E-state index in [9.17, 15) is 4.79 Å². The number of carbonyl (C=O) groups is 1. The molecule has 5 heteroatoms. The predicted molar refractivity (Wildman–Crippen MR) is 118 cm³/mol. The normalized spacial score (nSPS) is 19.9. The second kappa shape index (κ2) is 9.31. The molecule has 0 radical (unpaired) electrons. The Hall–Kier alpha value is -2.53. The molecule has 0 spiro atoms. The summed E-state index contributed by atoms with van der Waals surface area (Å²) >= 11 is 0. The number of methoxy groups -OCH3 is 1. The minimum Gasteiger partial charge on any atom is -0.497 e. The van der Waals surface area contributed by atoms with E-state index in [-0.39, 0.29) is 11.9 Å². The predicted octanol–water partition coefficient (Wildman–Crippen LogP) is 4.46. The molecule has 5 nitrogen and oxygen atoms in total. The van der Waals surface area contributed by atoms with Gasteiger partial charge in [-0.1, -0.05) is 12.1 Å². The lowest BCUT2D eigenvalue weighted by Crippen LogP contribution is -2.33. The van der Waals surface area contributed by atoms with Gasteiger partial charge in [-0.2, -0.15) is 0 Å². The van der Waals surface area contributed by atoms with Crippen molar-refractivity contribution in [2.45, 2.75) is 38.1 Å². The number of rotatable bonds is 6. The second-order valence-electron chi connectivity index (χ2n) is 8.05. The molecule has 0 aliphatic carbocycles. The minimum atomic E-state index is 0.0468. The Morgan fingerprint density at radius 1 is 1.03 bits per heavy atom. The number of amides is 1. The van der Waals surface area contributed by atoms with E-state index in [0.29, 0.717) is 6.54 Å². The number of nitrogens with one attached hydrogen (secondary N) is 1. The number of hydrogen-bond donors (Lipinski definition) is 1. The van der Waals surface area contributed by atoms with E-state index in [1.165, 1.54) is 30.5 Å². The van der Waals surface area contributed by atoms with Gasteiger partial charge in [0.15, 0.2) is 0 Å². The van der Waals surface area contributed by atoms with E-state index in [0.717, 1.165) is 43.9 Å². The molecular formula is C24H31N3O2. The molecule has 2 aromatic rings. The lowest BCUT2D eigenvalue weighted by Gasteiger charge is -2.29. The molecule has 1 atom stereocenters. The molecule has 0 aromatic heterocycles. The Kier molecular flexibility index (Phi) is 6.35. The summed E-state index contributed by atoms with van der Waals surface area (Å²) in [5.74, 6) is 0.915. The number of likely N-dealkylation sites (tertiary alicyclic amines) is 1. The van der Waals surface area contributed by atoms with Crippen LogP contribution < -0.4 is 15.0 Å². The Morgan fingerprint density at radius 2 is 1.83 bits per heavy atom. The SMILES string of the molecule is COc1cccc(C2CCCN2CC(=O)Nc2ccc(N3CCCCC3)cc2)c1. The highest BCUT2D eigenvalue weighted by atomic mass is 16.5. The topological polar surface area (TPSA) is 44.8 Å². The summed E-state index contributed by atoms with van der Waals surface area (Å²) in [6.45, 7) is 3.62. The molecule has 2 saturated heterocycles. The van der Waals surface area contributed by atoms with Crippen molar-refractivity contribution in [3.63, 3.8) is 0 Å². The first-order valence-electron chi connectivity index (χ1n) is 10.8. The summed E-state index contributed by atoms with van der Waals surface area (Å²) in [4.78, 5) is 17.4. The average Bonchev–Trinajstić information content (AvgIpc) is 3.23. The van der Waals surface area contributed by atoms with Crippen molar-refractivity contribution in [1.82, 2.24) is 4.90 Å². The first kappa shape index (κ1) is 19.8. The van der Waals surface area contributed by atoms with Crippen LogP contribution in [0, 0.1) is 0 Å². The van der Waals surface area contributed by atoms with Crippen molar-refractivity contribution >= 4 is 17.3 Å². The summed E-state index contributed by atoms with van der Waals surface area (Å²) < 4.78 is 5.36. The number of ether oxygens (including phenoxy) is 1. The maximum Gasteiger partial charge on any atom is 0.238 e. The van der Waals surface area contributed by atoms with Crippen LogP contribution in [0.5, 0.6) is 5.75 Å². The van der Waals surface area contributed by atoms with Crippen molar-refractivity contribution in [3.05, 3.63) is 54.1 Å². The molecule has 0 bridgehead atoms. The van der Waals surface area contributed by atoms with Crippen LogP contribution >= 0.6 is 0 Å². The zero-order chi connectivity index (χ0) is 20.1. The fraction of sp³-hybridized carbons (Fsp3) is 0.458. The quantitative estimate of drug-likeness (QED) is 0.787. The zero-order valence-corrected chi connectivity index (χ0v) is 17.3.